The number of nitrogens with two attached hydrogens (primary N) is 1. The van der Waals surface area contributed by atoms with E-state index in [1.165, 1.54) is 0 Å². The molecule has 1 heterocycles. The monoisotopic (exact) mass is 370 g/mol. The Bertz CT molecular complexity index is 516. The van der Waals surface area contributed by atoms with E-state index in [9.17, 15) is 14.4 Å². The molecule has 0 saturated carbocycles. The van der Waals surface area contributed by atoms with Gasteiger partial charge in [0, 0.05) is 19.1 Å². The minimum atomic E-state index is -0.841. The molecule has 0 aromatic carbocycles. The Balaban J connectivity index is 2.71. The lowest BCUT2D eigenvalue weighted by atomic mass is 9.95. The highest BCUT2D eigenvalue weighted by Crippen LogP contribution is 2.22. The molecule has 0 aliphatic carbocycles. The van der Waals surface area contributed by atoms with E-state index in [-0.39, 0.29) is 18.1 Å². The summed E-state index contributed by atoms with van der Waals surface area (Å²) in [6.45, 7) is 13.3. The fourth-order valence-corrected chi connectivity index (χ4v) is 3.08. The second-order valence-corrected chi connectivity index (χ2v) is 8.26. The molecule has 0 aromatic heterocycles. The second-order valence-electron chi connectivity index (χ2n) is 8.26. The van der Waals surface area contributed by atoms with E-state index >= 15 is 0 Å². The Morgan fingerprint density at radius 1 is 1.27 bits per heavy atom. The fourth-order valence-electron chi connectivity index (χ4n) is 3.08. The lowest BCUT2D eigenvalue weighted by Crippen LogP contribution is -2.53. The summed E-state index contributed by atoms with van der Waals surface area (Å²) >= 11 is 0. The van der Waals surface area contributed by atoms with Gasteiger partial charge in [-0.1, -0.05) is 0 Å². The summed E-state index contributed by atoms with van der Waals surface area (Å²) in [5.41, 5.74) is 4.49. The third kappa shape index (κ3) is 7.19. The van der Waals surface area contributed by atoms with Crippen LogP contribution in [0.5, 0.6) is 0 Å². The van der Waals surface area contributed by atoms with Crippen LogP contribution >= 0.6 is 0 Å². The Morgan fingerprint density at radius 3 is 2.38 bits per heavy atom. The predicted molar refractivity (Wildman–Crippen MR) is 99.6 cm³/mol. The highest BCUT2D eigenvalue weighted by Gasteiger charge is 2.31. The molecule has 0 unspecified atom stereocenters. The lowest BCUT2D eigenvalue weighted by Gasteiger charge is -2.39. The average molecular weight is 370 g/mol. The van der Waals surface area contributed by atoms with Gasteiger partial charge in [-0.25, -0.2) is 9.59 Å². The van der Waals surface area contributed by atoms with E-state index < -0.39 is 23.6 Å². The van der Waals surface area contributed by atoms with E-state index in [0.717, 1.165) is 19.4 Å². The van der Waals surface area contributed by atoms with Gasteiger partial charge in [0.25, 0.3) is 0 Å². The summed E-state index contributed by atoms with van der Waals surface area (Å²) in [7, 11) is 0. The Labute approximate surface area is 156 Å². The van der Waals surface area contributed by atoms with Crippen molar-refractivity contribution in [1.82, 2.24) is 15.1 Å². The molecule has 26 heavy (non-hydrogen) atoms. The van der Waals surface area contributed by atoms with Gasteiger partial charge in [-0.05, 0) is 66.8 Å². The maximum atomic E-state index is 12.5. The molecule has 0 radical (unpaired) electrons. The number of piperidine rings is 1. The first-order valence-electron chi connectivity index (χ1n) is 9.24. The van der Waals surface area contributed by atoms with Gasteiger partial charge in [0.05, 0.1) is 6.04 Å². The van der Waals surface area contributed by atoms with Crippen molar-refractivity contribution in [3.8, 4) is 0 Å². The minimum absolute atomic E-state index is 0.0239. The molecule has 1 aliphatic heterocycles. The number of hydrogen-bond donors (Lipinski definition) is 2. The van der Waals surface area contributed by atoms with Crippen LogP contribution in [0.4, 0.5) is 9.59 Å². The highest BCUT2D eigenvalue weighted by molar-refractivity contribution is 5.96. The number of primary amides is 1. The van der Waals surface area contributed by atoms with Crippen molar-refractivity contribution in [2.75, 3.05) is 19.6 Å². The Morgan fingerprint density at radius 2 is 1.88 bits per heavy atom. The van der Waals surface area contributed by atoms with Gasteiger partial charge in [-0.2, -0.15) is 0 Å². The Hall–Kier alpha value is -1.83. The molecule has 0 bridgehead atoms. The van der Waals surface area contributed by atoms with E-state index in [0.29, 0.717) is 13.1 Å². The molecule has 4 amide bonds. The number of nitrogens with one attached hydrogen (secondary N) is 1. The number of ether oxygens (including phenoxy) is 1. The summed E-state index contributed by atoms with van der Waals surface area (Å²) in [5.74, 6) is -0.159. The quantitative estimate of drug-likeness (QED) is 0.769. The zero-order valence-electron chi connectivity index (χ0n) is 16.9. The van der Waals surface area contributed by atoms with Crippen LogP contribution < -0.4 is 11.1 Å². The van der Waals surface area contributed by atoms with Crippen LogP contribution in [-0.2, 0) is 9.53 Å². The van der Waals surface area contributed by atoms with E-state index in [1.807, 2.05) is 39.5 Å². The van der Waals surface area contributed by atoms with Crippen LogP contribution in [0.25, 0.3) is 0 Å². The molecule has 8 heteroatoms. The summed E-state index contributed by atoms with van der Waals surface area (Å²) < 4.78 is 5.52. The van der Waals surface area contributed by atoms with Crippen LogP contribution in [0.3, 0.4) is 0 Å². The smallest absolute Gasteiger partial charge is 0.410 e. The van der Waals surface area contributed by atoms with Crippen molar-refractivity contribution in [3.63, 3.8) is 0 Å². The van der Waals surface area contributed by atoms with E-state index in [4.69, 9.17) is 10.5 Å². The number of urea groups is 1. The normalized spacial score (nSPS) is 19.7. The third-order valence-corrected chi connectivity index (χ3v) is 4.43. The van der Waals surface area contributed by atoms with Gasteiger partial charge in [0.2, 0.25) is 5.91 Å². The molecule has 150 valence electrons. The Kier molecular flexibility index (Phi) is 7.87. The average Bonchev–Trinajstić information content (AvgIpc) is 2.49. The third-order valence-electron chi connectivity index (χ3n) is 4.43. The molecule has 0 aromatic rings. The minimum Gasteiger partial charge on any atom is -0.444 e. The highest BCUT2D eigenvalue weighted by atomic mass is 16.6. The number of imide groups is 1. The number of likely N-dealkylation sites (tertiary alicyclic amines) is 1. The first kappa shape index (κ1) is 22.2. The number of nitrogens with zero attached hydrogens (tertiary/aromatic N) is 2. The molecule has 3 N–H and O–H groups in total. The number of carbonyl (C=O) groups is 3. The van der Waals surface area contributed by atoms with Crippen LogP contribution in [0.15, 0.2) is 0 Å². The topological polar surface area (TPSA) is 105 Å². The zero-order chi connectivity index (χ0) is 20.1. The molecule has 1 aliphatic rings. The van der Waals surface area contributed by atoms with Crippen molar-refractivity contribution >= 4 is 18.0 Å². The molecule has 8 nitrogen and oxygen atoms in total. The van der Waals surface area contributed by atoms with Crippen molar-refractivity contribution in [1.29, 1.82) is 0 Å². The van der Waals surface area contributed by atoms with Gasteiger partial charge in [-0.15, -0.1) is 0 Å². The predicted octanol–water partition coefficient (Wildman–Crippen LogP) is 1.93. The zero-order valence-corrected chi connectivity index (χ0v) is 16.9. The maximum Gasteiger partial charge on any atom is 0.410 e. The van der Waals surface area contributed by atoms with Crippen LogP contribution in [0, 0.1) is 5.92 Å². The first-order chi connectivity index (χ1) is 11.9. The molecule has 1 saturated heterocycles. The van der Waals surface area contributed by atoms with E-state index in [2.05, 4.69) is 5.32 Å². The van der Waals surface area contributed by atoms with Crippen LogP contribution in [0.1, 0.15) is 54.4 Å². The number of amides is 4. The van der Waals surface area contributed by atoms with Crippen LogP contribution in [-0.4, -0.2) is 65.2 Å². The number of carbonyl (C=O) groups excluding carboxylic acids is 3. The number of rotatable bonds is 5. The van der Waals surface area contributed by atoms with Crippen molar-refractivity contribution in [3.05, 3.63) is 0 Å². The molecule has 0 spiro atoms. The molecular weight excluding hydrogens is 336 g/mol. The largest absolute Gasteiger partial charge is 0.444 e. The van der Waals surface area contributed by atoms with Gasteiger partial charge >= 0.3 is 12.1 Å². The first-order valence-corrected chi connectivity index (χ1v) is 9.24. The molecule has 1 rings (SSSR count). The summed E-state index contributed by atoms with van der Waals surface area (Å²) in [6.07, 6.45) is 1.59. The van der Waals surface area contributed by atoms with Gasteiger partial charge in [0.15, 0.2) is 0 Å². The fraction of sp³-hybridized carbons (Fsp3) is 0.833. The van der Waals surface area contributed by atoms with Gasteiger partial charge in [0.1, 0.15) is 5.60 Å². The maximum absolute atomic E-state index is 12.5. The summed E-state index contributed by atoms with van der Waals surface area (Å²) in [5, 5.41) is 2.13. The van der Waals surface area contributed by atoms with Crippen molar-refractivity contribution in [2.45, 2.75) is 72.1 Å². The second kappa shape index (κ2) is 9.21. The standard InChI is InChI=1S/C18H34N4O4/c1-12(2)22(17(25)26-18(4,5)6)11-14-8-7-9-21(10-14)13(3)15(23)20-16(19)24/h12-14H,7-11H2,1-6H3,(H3,19,20,23,24)/t13-,14-/m0/s1. The SMILES string of the molecule is CC(C)N(C[C@H]1CCCN([C@@H](C)C(=O)NC(N)=O)C1)C(=O)OC(C)(C)C. The number of hydrogen-bond acceptors (Lipinski definition) is 5. The van der Waals surface area contributed by atoms with Crippen molar-refractivity contribution < 1.29 is 19.1 Å². The van der Waals surface area contributed by atoms with Crippen molar-refractivity contribution in [2.24, 2.45) is 11.7 Å². The summed E-state index contributed by atoms with van der Waals surface area (Å²) in [4.78, 5) is 39.2. The molecular formula is C18H34N4O4. The van der Waals surface area contributed by atoms with Crippen LogP contribution in [0.2, 0.25) is 0 Å². The van der Waals surface area contributed by atoms with Gasteiger partial charge in [-0.3, -0.25) is 15.0 Å². The molecule has 1 fully saturated rings. The summed E-state index contributed by atoms with van der Waals surface area (Å²) in [6, 6.07) is -1.26. The molecule has 2 atom stereocenters. The van der Waals surface area contributed by atoms with E-state index in [1.54, 1.807) is 11.8 Å². The van der Waals surface area contributed by atoms with Gasteiger partial charge < -0.3 is 15.4 Å². The lowest BCUT2D eigenvalue weighted by molar-refractivity contribution is -0.125.